The van der Waals surface area contributed by atoms with Crippen molar-refractivity contribution in [2.24, 2.45) is 5.92 Å². The smallest absolute Gasteiger partial charge is 0.222 e. The highest BCUT2D eigenvalue weighted by Crippen LogP contribution is 2.12. The van der Waals surface area contributed by atoms with E-state index >= 15 is 0 Å². The van der Waals surface area contributed by atoms with E-state index in [0.717, 1.165) is 19.4 Å². The molecule has 0 radical (unpaired) electrons. The van der Waals surface area contributed by atoms with Crippen LogP contribution < -0.4 is 5.32 Å². The van der Waals surface area contributed by atoms with Crippen molar-refractivity contribution in [3.05, 3.63) is 0 Å². The number of hydrogen-bond acceptors (Lipinski definition) is 1. The molecule has 1 N–H and O–H groups in total. The van der Waals surface area contributed by atoms with Gasteiger partial charge in [0.2, 0.25) is 5.91 Å². The number of amides is 1. The van der Waals surface area contributed by atoms with Crippen molar-refractivity contribution in [2.75, 3.05) is 6.54 Å². The van der Waals surface area contributed by atoms with Crippen LogP contribution in [0.25, 0.3) is 0 Å². The molecule has 1 fully saturated rings. The second-order valence-electron chi connectivity index (χ2n) is 3.75. The Balaban J connectivity index is 2.31. The molecule has 1 aliphatic rings. The van der Waals surface area contributed by atoms with Crippen molar-refractivity contribution < 1.29 is 4.79 Å². The van der Waals surface area contributed by atoms with Crippen molar-refractivity contribution in [1.82, 2.24) is 5.32 Å². The van der Waals surface area contributed by atoms with Gasteiger partial charge in [-0.25, -0.2) is 0 Å². The summed E-state index contributed by atoms with van der Waals surface area (Å²) in [6.45, 7) is 2.90. The summed E-state index contributed by atoms with van der Waals surface area (Å²) in [5.74, 6) is 0.472. The molecule has 0 unspecified atom stereocenters. The van der Waals surface area contributed by atoms with Crippen LogP contribution in [0, 0.1) is 5.92 Å². The van der Waals surface area contributed by atoms with Gasteiger partial charge in [0.15, 0.2) is 0 Å². The van der Waals surface area contributed by atoms with Gasteiger partial charge in [0.25, 0.3) is 0 Å². The quantitative estimate of drug-likeness (QED) is 0.591. The van der Waals surface area contributed by atoms with Crippen LogP contribution in [0.2, 0.25) is 0 Å². The lowest BCUT2D eigenvalue weighted by Crippen LogP contribution is -2.30. The first-order valence-electron chi connectivity index (χ1n) is 5.08. The molecule has 0 bridgehead atoms. The van der Waals surface area contributed by atoms with Crippen LogP contribution in [-0.2, 0) is 4.79 Å². The monoisotopic (exact) mass is 169 g/mol. The molecule has 1 atom stereocenters. The lowest BCUT2D eigenvalue weighted by Gasteiger charge is -2.13. The van der Waals surface area contributed by atoms with Gasteiger partial charge in [0.1, 0.15) is 0 Å². The Morgan fingerprint density at radius 3 is 2.67 bits per heavy atom. The summed E-state index contributed by atoms with van der Waals surface area (Å²) >= 11 is 0. The SMILES string of the molecule is C[C@@H]1CCCCCCCNC1=O. The first-order chi connectivity index (χ1) is 5.80. The predicted octanol–water partition coefficient (Wildman–Crippen LogP) is 2.09. The fourth-order valence-corrected chi connectivity index (χ4v) is 1.62. The lowest BCUT2D eigenvalue weighted by atomic mass is 10.00. The predicted molar refractivity (Wildman–Crippen MR) is 49.9 cm³/mol. The van der Waals surface area contributed by atoms with Crippen molar-refractivity contribution in [3.8, 4) is 0 Å². The number of nitrogens with one attached hydrogen (secondary N) is 1. The van der Waals surface area contributed by atoms with Crippen LogP contribution in [0.15, 0.2) is 0 Å². The number of carbonyl (C=O) groups is 1. The van der Waals surface area contributed by atoms with Gasteiger partial charge in [-0.3, -0.25) is 4.79 Å². The van der Waals surface area contributed by atoms with Gasteiger partial charge in [-0.05, 0) is 12.8 Å². The molecule has 0 aliphatic carbocycles. The molecule has 0 spiro atoms. The van der Waals surface area contributed by atoms with Crippen LogP contribution in [0.4, 0.5) is 0 Å². The average Bonchev–Trinajstić information content (AvgIpc) is 2.08. The Hall–Kier alpha value is -0.530. The van der Waals surface area contributed by atoms with Gasteiger partial charge in [-0.1, -0.05) is 32.6 Å². The van der Waals surface area contributed by atoms with Gasteiger partial charge in [0, 0.05) is 12.5 Å². The molecule has 70 valence electrons. The maximum Gasteiger partial charge on any atom is 0.222 e. The second-order valence-corrected chi connectivity index (χ2v) is 3.75. The minimum Gasteiger partial charge on any atom is -0.356 e. The molecule has 1 heterocycles. The zero-order valence-electron chi connectivity index (χ0n) is 7.94. The van der Waals surface area contributed by atoms with Gasteiger partial charge in [-0.15, -0.1) is 0 Å². The molecule has 0 aromatic heterocycles. The molecule has 1 aliphatic heterocycles. The Morgan fingerprint density at radius 1 is 1.17 bits per heavy atom. The maximum absolute atomic E-state index is 11.3. The molecular formula is C10H19NO. The summed E-state index contributed by atoms with van der Waals surface area (Å²) in [4.78, 5) is 11.3. The van der Waals surface area contributed by atoms with E-state index in [2.05, 4.69) is 5.32 Å². The molecule has 0 saturated carbocycles. The van der Waals surface area contributed by atoms with Crippen LogP contribution in [0.3, 0.4) is 0 Å². The Labute approximate surface area is 74.7 Å². The van der Waals surface area contributed by atoms with Crippen molar-refractivity contribution in [3.63, 3.8) is 0 Å². The standard InChI is InChI=1S/C10H19NO/c1-9-7-5-3-2-4-6-8-11-10(9)12/h9H,2-8H2,1H3,(H,11,12)/t9-/m1/s1. The van der Waals surface area contributed by atoms with Crippen LogP contribution in [0.1, 0.15) is 45.4 Å². The van der Waals surface area contributed by atoms with Crippen LogP contribution >= 0.6 is 0 Å². The van der Waals surface area contributed by atoms with Crippen LogP contribution in [0.5, 0.6) is 0 Å². The number of hydrogen-bond donors (Lipinski definition) is 1. The first kappa shape index (κ1) is 9.56. The summed E-state index contributed by atoms with van der Waals surface area (Å²) in [6.07, 6.45) is 7.34. The highest BCUT2D eigenvalue weighted by atomic mass is 16.1. The van der Waals surface area contributed by atoms with E-state index in [9.17, 15) is 4.79 Å². The minimum absolute atomic E-state index is 0.225. The third kappa shape index (κ3) is 3.24. The summed E-state index contributed by atoms with van der Waals surface area (Å²) in [5, 5.41) is 2.96. The maximum atomic E-state index is 11.3. The van der Waals surface area contributed by atoms with E-state index in [1.165, 1.54) is 25.7 Å². The fourth-order valence-electron chi connectivity index (χ4n) is 1.62. The molecule has 1 saturated heterocycles. The Kier molecular flexibility index (Phi) is 4.12. The highest BCUT2D eigenvalue weighted by molar-refractivity contribution is 5.78. The molecule has 1 rings (SSSR count). The molecule has 2 heteroatoms. The molecule has 0 aromatic rings. The highest BCUT2D eigenvalue weighted by Gasteiger charge is 2.12. The third-order valence-corrected chi connectivity index (χ3v) is 2.56. The summed E-state index contributed by atoms with van der Waals surface area (Å²) < 4.78 is 0. The van der Waals surface area contributed by atoms with E-state index < -0.39 is 0 Å². The summed E-state index contributed by atoms with van der Waals surface area (Å²) in [5.41, 5.74) is 0. The third-order valence-electron chi connectivity index (χ3n) is 2.56. The topological polar surface area (TPSA) is 29.1 Å². The molecule has 1 amide bonds. The van der Waals surface area contributed by atoms with E-state index in [1.807, 2.05) is 6.92 Å². The van der Waals surface area contributed by atoms with Gasteiger partial charge >= 0.3 is 0 Å². The van der Waals surface area contributed by atoms with Gasteiger partial charge < -0.3 is 5.32 Å². The molecule has 2 nitrogen and oxygen atoms in total. The van der Waals surface area contributed by atoms with E-state index in [0.29, 0.717) is 0 Å². The zero-order chi connectivity index (χ0) is 8.81. The molecular weight excluding hydrogens is 150 g/mol. The normalized spacial score (nSPS) is 27.8. The Morgan fingerprint density at radius 2 is 1.83 bits per heavy atom. The summed E-state index contributed by atoms with van der Waals surface area (Å²) in [6, 6.07) is 0. The Bertz CT molecular complexity index is 145. The lowest BCUT2D eigenvalue weighted by molar-refractivity contribution is -0.124. The van der Waals surface area contributed by atoms with Crippen molar-refractivity contribution in [1.29, 1.82) is 0 Å². The summed E-state index contributed by atoms with van der Waals surface area (Å²) in [7, 11) is 0. The van der Waals surface area contributed by atoms with E-state index in [4.69, 9.17) is 0 Å². The minimum atomic E-state index is 0.225. The van der Waals surface area contributed by atoms with E-state index in [-0.39, 0.29) is 11.8 Å². The van der Waals surface area contributed by atoms with Gasteiger partial charge in [0.05, 0.1) is 0 Å². The average molecular weight is 169 g/mol. The molecule has 12 heavy (non-hydrogen) atoms. The van der Waals surface area contributed by atoms with Crippen LogP contribution in [-0.4, -0.2) is 12.5 Å². The zero-order valence-corrected chi connectivity index (χ0v) is 7.94. The molecule has 0 aromatic carbocycles. The number of carbonyl (C=O) groups excluding carboxylic acids is 1. The first-order valence-corrected chi connectivity index (χ1v) is 5.08. The second kappa shape index (κ2) is 5.18. The fraction of sp³-hybridized carbons (Fsp3) is 0.900. The largest absolute Gasteiger partial charge is 0.356 e. The van der Waals surface area contributed by atoms with Gasteiger partial charge in [-0.2, -0.15) is 0 Å². The van der Waals surface area contributed by atoms with E-state index in [1.54, 1.807) is 0 Å². The number of rotatable bonds is 0. The van der Waals surface area contributed by atoms with Crippen molar-refractivity contribution in [2.45, 2.75) is 45.4 Å². The van der Waals surface area contributed by atoms with Crippen molar-refractivity contribution >= 4 is 5.91 Å².